The maximum absolute atomic E-state index is 8.85. The first kappa shape index (κ1) is 13.3. The second-order valence-corrected chi connectivity index (χ2v) is 3.87. The molecule has 1 aromatic carbocycles. The molecule has 94 valence electrons. The Labute approximate surface area is 101 Å². The van der Waals surface area contributed by atoms with Gasteiger partial charge in [0, 0.05) is 18.8 Å². The number of rotatable bonds is 5. The van der Waals surface area contributed by atoms with Crippen LogP contribution in [0.15, 0.2) is 29.3 Å². The number of ether oxygens (including phenoxy) is 1. The summed E-state index contributed by atoms with van der Waals surface area (Å²) in [4.78, 5) is 4.12. The molecule has 1 unspecified atom stereocenters. The summed E-state index contributed by atoms with van der Waals surface area (Å²) < 4.78 is 5.05. The van der Waals surface area contributed by atoms with Crippen LogP contribution in [-0.2, 0) is 0 Å². The van der Waals surface area contributed by atoms with Gasteiger partial charge >= 0.3 is 0 Å². The molecule has 0 saturated heterocycles. The number of nitrogens with zero attached hydrogens (tertiary/aromatic N) is 1. The minimum absolute atomic E-state index is 0.110. The van der Waals surface area contributed by atoms with E-state index in [-0.39, 0.29) is 12.5 Å². The molecule has 5 heteroatoms. The fourth-order valence-electron chi connectivity index (χ4n) is 1.17. The third-order valence-corrected chi connectivity index (χ3v) is 2.25. The Morgan fingerprint density at radius 3 is 2.65 bits per heavy atom. The van der Waals surface area contributed by atoms with Crippen LogP contribution in [0.5, 0.6) is 5.75 Å². The Morgan fingerprint density at radius 2 is 2.12 bits per heavy atom. The number of benzene rings is 1. The number of hydrogen-bond donors (Lipinski definition) is 3. The molecule has 0 spiro atoms. The predicted molar refractivity (Wildman–Crippen MR) is 69.4 cm³/mol. The van der Waals surface area contributed by atoms with E-state index >= 15 is 0 Å². The van der Waals surface area contributed by atoms with Crippen molar-refractivity contribution in [1.82, 2.24) is 0 Å². The Balaban J connectivity index is 2.52. The fourth-order valence-corrected chi connectivity index (χ4v) is 1.17. The number of aliphatic hydroxyl groups excluding tert-OH is 1. The molecule has 17 heavy (non-hydrogen) atoms. The first-order valence-electron chi connectivity index (χ1n) is 5.47. The summed E-state index contributed by atoms with van der Waals surface area (Å²) in [7, 11) is 1.62. The SMILES string of the molecule is COc1ccc(NC(N)=NCC(C)CO)cc1. The van der Waals surface area contributed by atoms with E-state index < -0.39 is 0 Å². The van der Waals surface area contributed by atoms with Gasteiger partial charge < -0.3 is 20.9 Å². The zero-order valence-corrected chi connectivity index (χ0v) is 10.2. The molecule has 1 rings (SSSR count). The molecule has 0 aliphatic carbocycles. The van der Waals surface area contributed by atoms with Gasteiger partial charge in [-0.15, -0.1) is 0 Å². The van der Waals surface area contributed by atoms with E-state index in [9.17, 15) is 0 Å². The standard InChI is InChI=1S/C12H19N3O2/c1-9(8-16)7-14-12(13)15-10-3-5-11(17-2)6-4-10/h3-6,9,16H,7-8H2,1-2H3,(H3,13,14,15). The largest absolute Gasteiger partial charge is 0.497 e. The lowest BCUT2D eigenvalue weighted by molar-refractivity contribution is 0.242. The van der Waals surface area contributed by atoms with Crippen LogP contribution < -0.4 is 15.8 Å². The van der Waals surface area contributed by atoms with Crippen LogP contribution in [0.1, 0.15) is 6.92 Å². The second-order valence-electron chi connectivity index (χ2n) is 3.87. The lowest BCUT2D eigenvalue weighted by Gasteiger charge is -2.08. The average molecular weight is 237 g/mol. The van der Waals surface area contributed by atoms with E-state index in [2.05, 4.69) is 10.3 Å². The van der Waals surface area contributed by atoms with Gasteiger partial charge in [0.25, 0.3) is 0 Å². The van der Waals surface area contributed by atoms with Gasteiger partial charge in [-0.1, -0.05) is 6.92 Å². The summed E-state index contributed by atoms with van der Waals surface area (Å²) >= 11 is 0. The van der Waals surface area contributed by atoms with Gasteiger partial charge in [-0.3, -0.25) is 4.99 Å². The number of aliphatic imine (C=N–C) groups is 1. The quantitative estimate of drug-likeness (QED) is 0.528. The molecule has 0 aromatic heterocycles. The summed E-state index contributed by atoms with van der Waals surface area (Å²) in [6, 6.07) is 7.39. The van der Waals surface area contributed by atoms with Crippen molar-refractivity contribution < 1.29 is 9.84 Å². The third-order valence-electron chi connectivity index (χ3n) is 2.25. The lowest BCUT2D eigenvalue weighted by atomic mass is 10.2. The minimum Gasteiger partial charge on any atom is -0.497 e. The number of guanidine groups is 1. The van der Waals surface area contributed by atoms with E-state index in [1.165, 1.54) is 0 Å². The van der Waals surface area contributed by atoms with Crippen LogP contribution in [0.3, 0.4) is 0 Å². The Kier molecular flexibility index (Phi) is 5.29. The molecule has 0 bridgehead atoms. The van der Waals surface area contributed by atoms with Crippen molar-refractivity contribution in [2.45, 2.75) is 6.92 Å². The first-order chi connectivity index (χ1) is 8.15. The zero-order valence-electron chi connectivity index (χ0n) is 10.2. The van der Waals surface area contributed by atoms with Gasteiger partial charge in [0.1, 0.15) is 5.75 Å². The highest BCUT2D eigenvalue weighted by Gasteiger charge is 1.99. The highest BCUT2D eigenvalue weighted by atomic mass is 16.5. The van der Waals surface area contributed by atoms with Crippen molar-refractivity contribution in [2.24, 2.45) is 16.6 Å². The van der Waals surface area contributed by atoms with Crippen LogP contribution in [0.25, 0.3) is 0 Å². The Bertz CT molecular complexity index is 363. The molecule has 0 amide bonds. The molecule has 0 radical (unpaired) electrons. The van der Waals surface area contributed by atoms with Gasteiger partial charge in [-0.25, -0.2) is 0 Å². The maximum atomic E-state index is 8.85. The smallest absolute Gasteiger partial charge is 0.193 e. The number of anilines is 1. The van der Waals surface area contributed by atoms with Crippen LogP contribution in [0, 0.1) is 5.92 Å². The fraction of sp³-hybridized carbons (Fsp3) is 0.417. The highest BCUT2D eigenvalue weighted by Crippen LogP contribution is 2.14. The number of hydrogen-bond acceptors (Lipinski definition) is 3. The van der Waals surface area contributed by atoms with E-state index in [4.69, 9.17) is 15.6 Å². The molecule has 5 nitrogen and oxygen atoms in total. The molecule has 4 N–H and O–H groups in total. The van der Waals surface area contributed by atoms with Gasteiger partial charge in [-0.2, -0.15) is 0 Å². The molecule has 1 atom stereocenters. The molecular formula is C12H19N3O2. The highest BCUT2D eigenvalue weighted by molar-refractivity contribution is 5.92. The predicted octanol–water partition coefficient (Wildman–Crippen LogP) is 1.05. The normalized spacial score (nSPS) is 13.2. The van der Waals surface area contributed by atoms with E-state index in [0.29, 0.717) is 12.5 Å². The van der Waals surface area contributed by atoms with E-state index in [0.717, 1.165) is 11.4 Å². The summed E-state index contributed by atoms with van der Waals surface area (Å²) in [5.41, 5.74) is 6.56. The van der Waals surface area contributed by atoms with Gasteiger partial charge in [0.05, 0.1) is 7.11 Å². The Hall–Kier alpha value is -1.75. The molecule has 0 aliphatic rings. The molecular weight excluding hydrogens is 218 g/mol. The maximum Gasteiger partial charge on any atom is 0.193 e. The van der Waals surface area contributed by atoms with E-state index in [1.807, 2.05) is 31.2 Å². The Morgan fingerprint density at radius 1 is 1.47 bits per heavy atom. The number of aliphatic hydroxyl groups is 1. The lowest BCUT2D eigenvalue weighted by Crippen LogP contribution is -2.23. The van der Waals surface area contributed by atoms with Crippen LogP contribution in [0.4, 0.5) is 5.69 Å². The van der Waals surface area contributed by atoms with Crippen LogP contribution in [-0.4, -0.2) is 31.3 Å². The van der Waals surface area contributed by atoms with Crippen molar-refractivity contribution >= 4 is 11.6 Å². The van der Waals surface area contributed by atoms with E-state index in [1.54, 1.807) is 7.11 Å². The van der Waals surface area contributed by atoms with Crippen molar-refractivity contribution in [3.63, 3.8) is 0 Å². The van der Waals surface area contributed by atoms with Crippen molar-refractivity contribution in [1.29, 1.82) is 0 Å². The molecule has 0 heterocycles. The summed E-state index contributed by atoms with van der Waals surface area (Å²) in [5, 5.41) is 11.8. The first-order valence-corrected chi connectivity index (χ1v) is 5.47. The number of nitrogens with one attached hydrogen (secondary N) is 1. The van der Waals surface area contributed by atoms with Crippen molar-refractivity contribution in [2.75, 3.05) is 25.6 Å². The zero-order chi connectivity index (χ0) is 12.7. The minimum atomic E-state index is 0.110. The van der Waals surface area contributed by atoms with Gasteiger partial charge in [0.15, 0.2) is 5.96 Å². The molecule has 1 aromatic rings. The number of nitrogens with two attached hydrogens (primary N) is 1. The molecule has 0 aliphatic heterocycles. The molecule has 0 fully saturated rings. The second kappa shape index (κ2) is 6.75. The van der Waals surface area contributed by atoms with Gasteiger partial charge in [0.2, 0.25) is 0 Å². The van der Waals surface area contributed by atoms with Crippen LogP contribution in [0.2, 0.25) is 0 Å². The summed E-state index contributed by atoms with van der Waals surface area (Å²) in [5.74, 6) is 1.25. The monoisotopic (exact) mass is 237 g/mol. The topological polar surface area (TPSA) is 79.9 Å². The van der Waals surface area contributed by atoms with Crippen LogP contribution >= 0.6 is 0 Å². The van der Waals surface area contributed by atoms with Crippen molar-refractivity contribution in [3.8, 4) is 5.75 Å². The summed E-state index contributed by atoms with van der Waals surface area (Å²) in [6.07, 6.45) is 0. The van der Waals surface area contributed by atoms with Crippen molar-refractivity contribution in [3.05, 3.63) is 24.3 Å². The number of methoxy groups -OCH3 is 1. The summed E-state index contributed by atoms with van der Waals surface area (Å²) in [6.45, 7) is 2.52. The third kappa shape index (κ3) is 4.74. The average Bonchev–Trinajstić information content (AvgIpc) is 2.36. The van der Waals surface area contributed by atoms with Gasteiger partial charge in [-0.05, 0) is 30.2 Å². The molecule has 0 saturated carbocycles.